The van der Waals surface area contributed by atoms with Gasteiger partial charge >= 0.3 is 0 Å². The lowest BCUT2D eigenvalue weighted by atomic mass is 10.0. The molecule has 1 N–H and O–H groups in total. The summed E-state index contributed by atoms with van der Waals surface area (Å²) >= 11 is 0. The molecule has 0 aromatic carbocycles. The molecule has 7 nitrogen and oxygen atoms in total. The van der Waals surface area contributed by atoms with Crippen molar-refractivity contribution >= 4 is 5.91 Å². The number of aromatic amines is 1. The average molecular weight is 358 g/mol. The lowest BCUT2D eigenvalue weighted by Gasteiger charge is -2.33. The van der Waals surface area contributed by atoms with Crippen LogP contribution in [0.3, 0.4) is 0 Å². The Kier molecular flexibility index (Phi) is 4.90. The second-order valence-corrected chi connectivity index (χ2v) is 8.50. The molecule has 1 aliphatic rings. The lowest BCUT2D eigenvalue weighted by Crippen LogP contribution is -2.39. The van der Waals surface area contributed by atoms with E-state index in [0.29, 0.717) is 5.69 Å². The summed E-state index contributed by atoms with van der Waals surface area (Å²) in [5, 5.41) is 12.0. The molecule has 3 rings (SSSR count). The van der Waals surface area contributed by atoms with Crippen LogP contribution in [0.4, 0.5) is 0 Å². The maximum Gasteiger partial charge on any atom is 0.274 e. The maximum absolute atomic E-state index is 13.2. The molecule has 0 spiro atoms. The maximum atomic E-state index is 13.2. The van der Waals surface area contributed by atoms with Crippen molar-refractivity contribution in [3.8, 4) is 0 Å². The molecule has 1 saturated heterocycles. The highest BCUT2D eigenvalue weighted by atomic mass is 16.2. The molecule has 1 atom stereocenters. The van der Waals surface area contributed by atoms with Gasteiger partial charge in [-0.15, -0.1) is 0 Å². The Morgan fingerprint density at radius 1 is 1.31 bits per heavy atom. The minimum atomic E-state index is -0.152. The zero-order chi connectivity index (χ0) is 19.1. The molecule has 1 amide bonds. The van der Waals surface area contributed by atoms with Gasteiger partial charge in [-0.2, -0.15) is 10.2 Å². The fourth-order valence-electron chi connectivity index (χ4n) is 3.56. The lowest BCUT2D eigenvalue weighted by molar-refractivity contribution is 0.0592. The van der Waals surface area contributed by atoms with Crippen LogP contribution in [0.25, 0.3) is 0 Å². The van der Waals surface area contributed by atoms with Gasteiger partial charge in [0.05, 0.1) is 11.6 Å². The number of rotatable bonds is 3. The van der Waals surface area contributed by atoms with Gasteiger partial charge in [0.25, 0.3) is 5.91 Å². The fraction of sp³-hybridized carbons (Fsp3) is 0.684. The van der Waals surface area contributed by atoms with E-state index >= 15 is 0 Å². The average Bonchev–Trinajstić information content (AvgIpc) is 3.20. The molecule has 2 aromatic rings. The Labute approximate surface area is 155 Å². The first kappa shape index (κ1) is 18.6. The summed E-state index contributed by atoms with van der Waals surface area (Å²) in [4.78, 5) is 19.7. The zero-order valence-corrected chi connectivity index (χ0v) is 16.7. The molecule has 1 fully saturated rings. The molecule has 142 valence electrons. The van der Waals surface area contributed by atoms with Crippen molar-refractivity contribution in [2.24, 2.45) is 0 Å². The monoisotopic (exact) mass is 358 g/mol. The normalized spacial score (nSPS) is 18.6. The Bertz CT molecular complexity index is 782. The predicted molar refractivity (Wildman–Crippen MR) is 100 cm³/mol. The highest BCUT2D eigenvalue weighted by Gasteiger charge is 2.33. The summed E-state index contributed by atoms with van der Waals surface area (Å²) in [6.07, 6.45) is 2.99. The summed E-state index contributed by atoms with van der Waals surface area (Å²) in [7, 11) is 0. The summed E-state index contributed by atoms with van der Waals surface area (Å²) in [6.45, 7) is 13.1. The Morgan fingerprint density at radius 2 is 2.04 bits per heavy atom. The summed E-state index contributed by atoms with van der Waals surface area (Å²) < 4.78 is 1.92. The number of aryl methyl sites for hydroxylation is 1. The standard InChI is InChI=1S/C19H30N6O/c1-12(2)16-20-17(22-21-16)15-9-7-8-10-24(15)18(26)14-11-13(3)25(23-14)19(4,5)6/h11-12,15H,7-10H2,1-6H3,(H,20,21,22)/t15-/m0/s1. The first-order valence-corrected chi connectivity index (χ1v) is 9.49. The van der Waals surface area contributed by atoms with Crippen molar-refractivity contribution in [2.75, 3.05) is 6.54 Å². The van der Waals surface area contributed by atoms with Gasteiger partial charge in [0.15, 0.2) is 11.5 Å². The van der Waals surface area contributed by atoms with Crippen molar-refractivity contribution in [3.05, 3.63) is 29.1 Å². The molecule has 26 heavy (non-hydrogen) atoms. The van der Waals surface area contributed by atoms with Crippen molar-refractivity contribution in [1.82, 2.24) is 29.9 Å². The minimum Gasteiger partial charge on any atom is -0.327 e. The predicted octanol–water partition coefficient (Wildman–Crippen LogP) is 3.56. The van der Waals surface area contributed by atoms with Gasteiger partial charge < -0.3 is 4.90 Å². The number of hydrogen-bond acceptors (Lipinski definition) is 4. The highest BCUT2D eigenvalue weighted by molar-refractivity contribution is 5.92. The van der Waals surface area contributed by atoms with Crippen LogP contribution in [0.5, 0.6) is 0 Å². The molecule has 0 saturated carbocycles. The first-order chi connectivity index (χ1) is 12.2. The van der Waals surface area contributed by atoms with Crippen LogP contribution in [0, 0.1) is 6.92 Å². The molecule has 1 aliphatic heterocycles. The number of piperidine rings is 1. The van der Waals surface area contributed by atoms with Gasteiger partial charge in [0.2, 0.25) is 0 Å². The molecule has 7 heteroatoms. The number of nitrogens with one attached hydrogen (secondary N) is 1. The van der Waals surface area contributed by atoms with E-state index < -0.39 is 0 Å². The van der Waals surface area contributed by atoms with Gasteiger partial charge in [-0.05, 0) is 53.0 Å². The summed E-state index contributed by atoms with van der Waals surface area (Å²) in [6, 6.07) is 1.83. The number of H-pyrrole nitrogens is 1. The second-order valence-electron chi connectivity index (χ2n) is 8.50. The third-order valence-electron chi connectivity index (χ3n) is 4.86. The van der Waals surface area contributed by atoms with Crippen LogP contribution in [0.2, 0.25) is 0 Å². The first-order valence-electron chi connectivity index (χ1n) is 9.49. The van der Waals surface area contributed by atoms with Gasteiger partial charge in [-0.1, -0.05) is 13.8 Å². The molecule has 3 heterocycles. The molecule has 0 radical (unpaired) electrons. The van der Waals surface area contributed by atoms with Crippen LogP contribution in [0.1, 0.15) is 93.7 Å². The number of likely N-dealkylation sites (tertiary alicyclic amines) is 1. The van der Waals surface area contributed by atoms with Crippen molar-refractivity contribution in [3.63, 3.8) is 0 Å². The summed E-state index contributed by atoms with van der Waals surface area (Å²) in [5.74, 6) is 1.82. The van der Waals surface area contributed by atoms with Gasteiger partial charge in [0, 0.05) is 18.2 Å². The Morgan fingerprint density at radius 3 is 2.62 bits per heavy atom. The SMILES string of the molecule is Cc1cc(C(=O)N2CCCC[C@H]2c2nc(C(C)C)n[nH]2)nn1C(C)(C)C. The van der Waals surface area contributed by atoms with E-state index in [1.165, 1.54) is 0 Å². The quantitative estimate of drug-likeness (QED) is 0.910. The van der Waals surface area contributed by atoms with Crippen molar-refractivity contribution in [2.45, 2.75) is 78.3 Å². The Balaban J connectivity index is 1.88. The molecule has 2 aromatic heterocycles. The van der Waals surface area contributed by atoms with E-state index in [2.05, 4.69) is 54.9 Å². The van der Waals surface area contributed by atoms with Crippen LogP contribution in [0.15, 0.2) is 6.07 Å². The summed E-state index contributed by atoms with van der Waals surface area (Å²) in [5.41, 5.74) is 1.35. The fourth-order valence-corrected chi connectivity index (χ4v) is 3.56. The largest absolute Gasteiger partial charge is 0.327 e. The molecular weight excluding hydrogens is 328 g/mol. The minimum absolute atomic E-state index is 0.0247. The van der Waals surface area contributed by atoms with E-state index in [4.69, 9.17) is 0 Å². The van der Waals surface area contributed by atoms with E-state index in [0.717, 1.165) is 43.1 Å². The van der Waals surface area contributed by atoms with Crippen LogP contribution in [-0.2, 0) is 5.54 Å². The number of nitrogens with zero attached hydrogens (tertiary/aromatic N) is 5. The topological polar surface area (TPSA) is 79.7 Å². The third kappa shape index (κ3) is 3.52. The van der Waals surface area contributed by atoms with Crippen molar-refractivity contribution in [1.29, 1.82) is 0 Å². The van der Waals surface area contributed by atoms with Crippen LogP contribution >= 0.6 is 0 Å². The molecule has 0 aliphatic carbocycles. The molecular formula is C19H30N6O. The van der Waals surface area contributed by atoms with E-state index in [9.17, 15) is 4.79 Å². The van der Waals surface area contributed by atoms with Crippen molar-refractivity contribution < 1.29 is 4.79 Å². The second kappa shape index (κ2) is 6.85. The highest BCUT2D eigenvalue weighted by Crippen LogP contribution is 2.31. The number of hydrogen-bond donors (Lipinski definition) is 1. The number of carbonyl (C=O) groups excluding carboxylic acids is 1. The number of aromatic nitrogens is 5. The molecule has 0 unspecified atom stereocenters. The number of amides is 1. The zero-order valence-electron chi connectivity index (χ0n) is 16.7. The smallest absolute Gasteiger partial charge is 0.274 e. The van der Waals surface area contributed by atoms with Gasteiger partial charge in [-0.3, -0.25) is 14.6 Å². The third-order valence-corrected chi connectivity index (χ3v) is 4.86. The van der Waals surface area contributed by atoms with Crippen LogP contribution < -0.4 is 0 Å². The molecule has 0 bridgehead atoms. The Hall–Kier alpha value is -2.18. The van der Waals surface area contributed by atoms with Gasteiger partial charge in [0.1, 0.15) is 5.82 Å². The van der Waals surface area contributed by atoms with E-state index in [1.54, 1.807) is 0 Å². The van der Waals surface area contributed by atoms with E-state index in [1.807, 2.05) is 22.6 Å². The van der Waals surface area contributed by atoms with E-state index in [-0.39, 0.29) is 23.4 Å². The number of carbonyl (C=O) groups is 1. The van der Waals surface area contributed by atoms with Crippen LogP contribution in [-0.4, -0.2) is 42.3 Å². The van der Waals surface area contributed by atoms with Gasteiger partial charge in [-0.25, -0.2) is 4.98 Å².